The number of imidazole rings is 1. The van der Waals surface area contributed by atoms with Gasteiger partial charge in [0.05, 0.1) is 10.4 Å². The summed E-state index contributed by atoms with van der Waals surface area (Å²) >= 11 is 0. The lowest BCUT2D eigenvalue weighted by Crippen LogP contribution is -2.27. The van der Waals surface area contributed by atoms with Gasteiger partial charge >= 0.3 is 5.76 Å². The summed E-state index contributed by atoms with van der Waals surface area (Å²) in [6.07, 6.45) is 5.02. The van der Waals surface area contributed by atoms with Gasteiger partial charge in [-0.05, 0) is 36.4 Å². The van der Waals surface area contributed by atoms with Gasteiger partial charge < -0.3 is 8.98 Å². The van der Waals surface area contributed by atoms with Crippen molar-refractivity contribution in [2.75, 3.05) is 6.54 Å². The average Bonchev–Trinajstić information content (AvgIpc) is 3.31. The number of nitrogens with zero attached hydrogens (tertiary/aromatic N) is 5. The molecule has 0 unspecified atom stereocenters. The van der Waals surface area contributed by atoms with E-state index in [0.717, 1.165) is 5.56 Å². The van der Waals surface area contributed by atoms with Gasteiger partial charge in [-0.2, -0.15) is 0 Å². The van der Waals surface area contributed by atoms with E-state index in [1.807, 2.05) is 22.8 Å². The van der Waals surface area contributed by atoms with Crippen LogP contribution in [0.4, 0.5) is 0 Å². The number of rotatable bonds is 6. The molecule has 1 N–H and O–H groups in total. The molecule has 0 amide bonds. The van der Waals surface area contributed by atoms with Crippen LogP contribution in [0.15, 0.2) is 75.2 Å². The maximum Gasteiger partial charge on any atom is 0.419 e. The van der Waals surface area contributed by atoms with Gasteiger partial charge in [-0.25, -0.2) is 27.9 Å². The minimum absolute atomic E-state index is 0.0160. The molecule has 0 spiro atoms. The van der Waals surface area contributed by atoms with Crippen molar-refractivity contribution in [2.45, 2.75) is 11.4 Å². The first-order chi connectivity index (χ1) is 15.4. The van der Waals surface area contributed by atoms with Crippen LogP contribution in [-0.4, -0.2) is 39.0 Å². The zero-order valence-corrected chi connectivity index (χ0v) is 17.8. The maximum absolute atomic E-state index is 12.8. The summed E-state index contributed by atoms with van der Waals surface area (Å²) < 4.78 is 36.5. The number of fused-ring (bicyclic) bond motifs is 2. The van der Waals surface area contributed by atoms with Crippen LogP contribution in [0, 0.1) is 0 Å². The Balaban J connectivity index is 1.42. The van der Waals surface area contributed by atoms with Gasteiger partial charge in [0, 0.05) is 50.4 Å². The summed E-state index contributed by atoms with van der Waals surface area (Å²) in [4.78, 5) is 24.8. The number of nitrogens with one attached hydrogen (secondary N) is 1. The molecule has 0 radical (unpaired) electrons. The van der Waals surface area contributed by atoms with Crippen LogP contribution in [0.25, 0.3) is 33.7 Å². The molecule has 1 aromatic carbocycles. The van der Waals surface area contributed by atoms with Crippen LogP contribution in [-0.2, 0) is 23.6 Å². The molecule has 32 heavy (non-hydrogen) atoms. The van der Waals surface area contributed by atoms with Crippen LogP contribution in [0.2, 0.25) is 0 Å². The Morgan fingerprint density at radius 3 is 2.72 bits per heavy atom. The van der Waals surface area contributed by atoms with E-state index in [4.69, 9.17) is 4.42 Å². The topological polar surface area (TPSA) is 125 Å². The smallest absolute Gasteiger partial charge is 0.408 e. The molecule has 0 saturated carbocycles. The third kappa shape index (κ3) is 3.47. The Kier molecular flexibility index (Phi) is 4.83. The third-order valence-corrected chi connectivity index (χ3v) is 6.60. The minimum Gasteiger partial charge on any atom is -0.408 e. The molecule has 0 atom stereocenters. The zero-order chi connectivity index (χ0) is 22.3. The van der Waals surface area contributed by atoms with Crippen molar-refractivity contribution < 1.29 is 12.8 Å². The quantitative estimate of drug-likeness (QED) is 0.419. The molecular formula is C21H18N6O4S. The van der Waals surface area contributed by atoms with Gasteiger partial charge in [-0.3, -0.25) is 9.55 Å². The van der Waals surface area contributed by atoms with E-state index in [2.05, 4.69) is 19.7 Å². The van der Waals surface area contributed by atoms with E-state index in [0.29, 0.717) is 29.0 Å². The normalized spacial score (nSPS) is 12.0. The van der Waals surface area contributed by atoms with Crippen LogP contribution in [0.5, 0.6) is 0 Å². The van der Waals surface area contributed by atoms with Crippen molar-refractivity contribution in [1.29, 1.82) is 0 Å². The highest BCUT2D eigenvalue weighted by Gasteiger charge is 2.18. The Bertz CT molecular complexity index is 1600. The molecule has 0 bridgehead atoms. The highest BCUT2D eigenvalue weighted by molar-refractivity contribution is 7.89. The Morgan fingerprint density at radius 2 is 1.91 bits per heavy atom. The fraction of sp³-hybridized carbons (Fsp3) is 0.143. The lowest BCUT2D eigenvalue weighted by Gasteiger charge is -2.10. The van der Waals surface area contributed by atoms with Crippen LogP contribution in [0.3, 0.4) is 0 Å². The van der Waals surface area contributed by atoms with Crippen molar-refractivity contribution in [3.05, 3.63) is 71.6 Å². The molecule has 0 aliphatic rings. The zero-order valence-electron chi connectivity index (χ0n) is 17.0. The Hall–Kier alpha value is -3.83. The van der Waals surface area contributed by atoms with Crippen molar-refractivity contribution >= 4 is 32.3 Å². The molecule has 4 heterocycles. The van der Waals surface area contributed by atoms with Gasteiger partial charge in [0.2, 0.25) is 10.0 Å². The second-order valence-corrected chi connectivity index (χ2v) is 8.89. The van der Waals surface area contributed by atoms with Gasteiger partial charge in [0.25, 0.3) is 0 Å². The molecule has 0 saturated heterocycles. The molecular weight excluding hydrogens is 432 g/mol. The van der Waals surface area contributed by atoms with E-state index in [1.165, 1.54) is 16.7 Å². The van der Waals surface area contributed by atoms with Crippen LogP contribution < -0.4 is 10.5 Å². The molecule has 4 aromatic heterocycles. The number of aromatic nitrogens is 5. The number of hydrogen-bond donors (Lipinski definition) is 1. The molecule has 162 valence electrons. The number of oxazole rings is 1. The summed E-state index contributed by atoms with van der Waals surface area (Å²) in [5.74, 6) is 0.124. The van der Waals surface area contributed by atoms with Crippen LogP contribution >= 0.6 is 0 Å². The third-order valence-electron chi connectivity index (χ3n) is 5.14. The van der Waals surface area contributed by atoms with Crippen molar-refractivity contribution in [3.8, 4) is 11.4 Å². The van der Waals surface area contributed by atoms with Crippen molar-refractivity contribution in [1.82, 2.24) is 28.8 Å². The van der Waals surface area contributed by atoms with Gasteiger partial charge in [0.15, 0.2) is 11.2 Å². The summed E-state index contributed by atoms with van der Waals surface area (Å²) in [6.45, 7) is 0.423. The van der Waals surface area contributed by atoms with E-state index in [1.54, 1.807) is 37.8 Å². The van der Waals surface area contributed by atoms with Gasteiger partial charge in [0.1, 0.15) is 11.3 Å². The number of aryl methyl sites for hydroxylation is 1. The van der Waals surface area contributed by atoms with Crippen molar-refractivity contribution in [2.24, 2.45) is 7.05 Å². The maximum atomic E-state index is 12.8. The van der Waals surface area contributed by atoms with E-state index >= 15 is 0 Å². The number of sulfonamides is 1. The highest BCUT2D eigenvalue weighted by Crippen LogP contribution is 2.23. The molecule has 0 fully saturated rings. The van der Waals surface area contributed by atoms with E-state index in [-0.39, 0.29) is 17.0 Å². The van der Waals surface area contributed by atoms with Crippen molar-refractivity contribution in [3.63, 3.8) is 0 Å². The SMILES string of the molecule is Cn1c(=O)oc2cc(S(=O)(=O)NCCn3c(-c4ccncc4)nc4cccnc43)ccc21. The van der Waals surface area contributed by atoms with Gasteiger partial charge in [-0.15, -0.1) is 0 Å². The fourth-order valence-corrected chi connectivity index (χ4v) is 4.58. The lowest BCUT2D eigenvalue weighted by molar-refractivity contribution is 0.527. The summed E-state index contributed by atoms with van der Waals surface area (Å²) in [5, 5.41) is 0. The number of hydrogen-bond acceptors (Lipinski definition) is 7. The monoisotopic (exact) mass is 450 g/mol. The highest BCUT2D eigenvalue weighted by atomic mass is 32.2. The number of benzene rings is 1. The summed E-state index contributed by atoms with van der Waals surface area (Å²) in [6, 6.07) is 11.7. The molecule has 10 nitrogen and oxygen atoms in total. The first kappa shape index (κ1) is 20.1. The fourth-order valence-electron chi connectivity index (χ4n) is 3.55. The first-order valence-corrected chi connectivity index (χ1v) is 11.2. The average molecular weight is 450 g/mol. The van der Waals surface area contributed by atoms with E-state index < -0.39 is 15.8 Å². The lowest BCUT2D eigenvalue weighted by atomic mass is 10.2. The van der Waals surface area contributed by atoms with Crippen LogP contribution in [0.1, 0.15) is 0 Å². The second-order valence-electron chi connectivity index (χ2n) is 7.12. The van der Waals surface area contributed by atoms with E-state index in [9.17, 15) is 13.2 Å². The molecule has 5 rings (SSSR count). The Morgan fingerprint density at radius 1 is 1.09 bits per heavy atom. The Labute approximate surface area is 182 Å². The second kappa shape index (κ2) is 7.70. The largest absolute Gasteiger partial charge is 0.419 e. The first-order valence-electron chi connectivity index (χ1n) is 9.75. The van der Waals surface area contributed by atoms with Gasteiger partial charge in [-0.1, -0.05) is 0 Å². The molecule has 0 aliphatic heterocycles. The minimum atomic E-state index is -3.82. The molecule has 0 aliphatic carbocycles. The summed E-state index contributed by atoms with van der Waals surface area (Å²) in [7, 11) is -2.26. The molecule has 5 aromatic rings. The number of pyridine rings is 2. The summed E-state index contributed by atoms with van der Waals surface area (Å²) in [5.41, 5.74) is 2.96. The predicted octanol–water partition coefficient (Wildman–Crippen LogP) is 1.92. The standard InChI is InChI=1S/C21H18N6O4S/c1-26-17-5-4-15(13-18(17)31-21(26)28)32(29,30)24-11-12-27-19(14-6-9-22-10-7-14)25-16-3-2-8-23-20(16)27/h2-10,13,24H,11-12H2,1H3. The predicted molar refractivity (Wildman–Crippen MR) is 117 cm³/mol. The molecule has 11 heteroatoms.